The standard InChI is InChI=1S/C26H28N6O3/c27-16-19-5-4-18(14-22(19)28-20-2-1-3-20)23-15-24(29-21-8-6-17(7-9-21)25(33)34)31-26(30-23)32-10-12-35-13-11-32/h4-9,14-16,20,27-28H,1-3,10-13H2,(H,33,34)(H,29,30,31). The molecule has 180 valence electrons. The summed E-state index contributed by atoms with van der Waals surface area (Å²) < 4.78 is 5.50. The van der Waals surface area contributed by atoms with Gasteiger partial charge in [-0.15, -0.1) is 0 Å². The van der Waals surface area contributed by atoms with Gasteiger partial charge in [0.05, 0.1) is 24.5 Å². The van der Waals surface area contributed by atoms with Crippen molar-refractivity contribution in [1.29, 1.82) is 5.41 Å². The third kappa shape index (κ3) is 5.25. The van der Waals surface area contributed by atoms with Crippen LogP contribution >= 0.6 is 0 Å². The van der Waals surface area contributed by atoms with Gasteiger partial charge >= 0.3 is 5.97 Å². The first kappa shape index (κ1) is 22.8. The topological polar surface area (TPSA) is 123 Å². The van der Waals surface area contributed by atoms with Crippen LogP contribution in [-0.4, -0.2) is 59.6 Å². The highest BCUT2D eigenvalue weighted by Gasteiger charge is 2.20. The Morgan fingerprint density at radius 3 is 2.51 bits per heavy atom. The molecular weight excluding hydrogens is 444 g/mol. The molecule has 2 aromatic carbocycles. The molecule has 1 aliphatic heterocycles. The Balaban J connectivity index is 1.50. The van der Waals surface area contributed by atoms with Gasteiger partial charge in [0, 0.05) is 53.9 Å². The first-order valence-corrected chi connectivity index (χ1v) is 11.8. The average molecular weight is 473 g/mol. The van der Waals surface area contributed by atoms with Gasteiger partial charge in [-0.2, -0.15) is 4.98 Å². The van der Waals surface area contributed by atoms with Gasteiger partial charge < -0.3 is 30.8 Å². The maximum Gasteiger partial charge on any atom is 0.335 e. The molecule has 2 aliphatic rings. The summed E-state index contributed by atoms with van der Waals surface area (Å²) in [6.45, 7) is 2.65. The Hall–Kier alpha value is -3.98. The van der Waals surface area contributed by atoms with Crippen LogP contribution in [-0.2, 0) is 4.74 Å². The molecule has 0 atom stereocenters. The monoisotopic (exact) mass is 472 g/mol. The highest BCUT2D eigenvalue weighted by molar-refractivity contribution is 5.89. The minimum absolute atomic E-state index is 0.228. The quantitative estimate of drug-likeness (QED) is 0.356. The van der Waals surface area contributed by atoms with Crippen LogP contribution in [0, 0.1) is 5.41 Å². The summed E-state index contributed by atoms with van der Waals surface area (Å²) in [5.74, 6) is 0.263. The first-order valence-electron chi connectivity index (χ1n) is 11.8. The van der Waals surface area contributed by atoms with Crippen molar-refractivity contribution < 1.29 is 14.6 Å². The summed E-state index contributed by atoms with van der Waals surface area (Å²) >= 11 is 0. The number of aromatic nitrogens is 2. The lowest BCUT2D eigenvalue weighted by Crippen LogP contribution is -2.37. The molecule has 9 nitrogen and oxygen atoms in total. The molecular formula is C26H28N6O3. The van der Waals surface area contributed by atoms with Crippen molar-refractivity contribution in [2.45, 2.75) is 25.3 Å². The number of nitrogens with zero attached hydrogens (tertiary/aromatic N) is 3. The summed E-state index contributed by atoms with van der Waals surface area (Å²) in [4.78, 5) is 22.9. The summed E-state index contributed by atoms with van der Waals surface area (Å²) in [6, 6.07) is 14.9. The number of anilines is 4. The van der Waals surface area contributed by atoms with E-state index >= 15 is 0 Å². The predicted molar refractivity (Wildman–Crippen MR) is 136 cm³/mol. The highest BCUT2D eigenvalue weighted by atomic mass is 16.5. The molecule has 0 amide bonds. The van der Waals surface area contributed by atoms with Crippen LogP contribution in [0.25, 0.3) is 11.3 Å². The second-order valence-corrected chi connectivity index (χ2v) is 8.76. The normalized spacial score (nSPS) is 15.8. The van der Waals surface area contributed by atoms with Gasteiger partial charge in [0.15, 0.2) is 0 Å². The van der Waals surface area contributed by atoms with Crippen LogP contribution in [0.5, 0.6) is 0 Å². The summed E-state index contributed by atoms with van der Waals surface area (Å²) in [5, 5.41) is 23.8. The van der Waals surface area contributed by atoms with Crippen LogP contribution in [0.15, 0.2) is 48.5 Å². The minimum Gasteiger partial charge on any atom is -0.478 e. The van der Waals surface area contributed by atoms with E-state index in [2.05, 4.69) is 21.6 Å². The molecule has 1 saturated carbocycles. The molecule has 0 bridgehead atoms. The molecule has 2 fully saturated rings. The summed E-state index contributed by atoms with van der Waals surface area (Å²) in [6.07, 6.45) is 4.89. The van der Waals surface area contributed by atoms with Crippen LogP contribution < -0.4 is 15.5 Å². The predicted octanol–water partition coefficient (Wildman–Crippen LogP) is 4.38. The Morgan fingerprint density at radius 2 is 1.86 bits per heavy atom. The van der Waals surface area contributed by atoms with Crippen molar-refractivity contribution in [3.05, 3.63) is 59.7 Å². The van der Waals surface area contributed by atoms with Gasteiger partial charge in [-0.1, -0.05) is 12.1 Å². The fourth-order valence-electron chi connectivity index (χ4n) is 4.13. The number of nitrogens with one attached hydrogen (secondary N) is 3. The second kappa shape index (κ2) is 10.1. The highest BCUT2D eigenvalue weighted by Crippen LogP contribution is 2.31. The lowest BCUT2D eigenvalue weighted by atomic mass is 9.92. The van der Waals surface area contributed by atoms with Gasteiger partial charge in [0.1, 0.15) is 5.82 Å². The summed E-state index contributed by atoms with van der Waals surface area (Å²) in [7, 11) is 0. The van der Waals surface area contributed by atoms with Crippen LogP contribution in [0.4, 0.5) is 23.1 Å². The molecule has 1 aliphatic carbocycles. The van der Waals surface area contributed by atoms with E-state index in [4.69, 9.17) is 25.2 Å². The third-order valence-corrected chi connectivity index (χ3v) is 6.38. The lowest BCUT2D eigenvalue weighted by Gasteiger charge is -2.29. The zero-order valence-corrected chi connectivity index (χ0v) is 19.3. The molecule has 0 radical (unpaired) electrons. The molecule has 5 rings (SSSR count). The number of hydrogen-bond acceptors (Lipinski definition) is 8. The Bertz CT molecular complexity index is 1220. The number of carbonyl (C=O) groups is 1. The van der Waals surface area contributed by atoms with E-state index in [1.54, 1.807) is 24.3 Å². The van der Waals surface area contributed by atoms with Crippen molar-refractivity contribution >= 4 is 35.3 Å². The van der Waals surface area contributed by atoms with Crippen LogP contribution in [0.2, 0.25) is 0 Å². The van der Waals surface area contributed by atoms with Crippen LogP contribution in [0.1, 0.15) is 35.2 Å². The van der Waals surface area contributed by atoms with Crippen molar-refractivity contribution in [3.63, 3.8) is 0 Å². The van der Waals surface area contributed by atoms with E-state index in [-0.39, 0.29) is 5.56 Å². The van der Waals surface area contributed by atoms with Gasteiger partial charge in [-0.25, -0.2) is 9.78 Å². The number of carboxylic acids is 1. The number of benzene rings is 2. The first-order chi connectivity index (χ1) is 17.1. The zero-order chi connectivity index (χ0) is 24.2. The maximum absolute atomic E-state index is 11.2. The number of carboxylic acid groups (broad SMARTS) is 1. The number of aromatic carboxylic acids is 1. The smallest absolute Gasteiger partial charge is 0.335 e. The van der Waals surface area contributed by atoms with Gasteiger partial charge in [0.2, 0.25) is 5.95 Å². The van der Waals surface area contributed by atoms with E-state index in [0.29, 0.717) is 44.1 Å². The molecule has 0 unspecified atom stereocenters. The second-order valence-electron chi connectivity index (χ2n) is 8.76. The van der Waals surface area contributed by atoms with Crippen molar-refractivity contribution in [3.8, 4) is 11.3 Å². The molecule has 9 heteroatoms. The SMILES string of the molecule is N=Cc1ccc(-c2cc(Nc3ccc(C(=O)O)cc3)nc(N3CCOCC3)n2)cc1NC1CCC1. The average Bonchev–Trinajstić information content (AvgIpc) is 2.87. The van der Waals surface area contributed by atoms with E-state index < -0.39 is 5.97 Å². The fraction of sp³-hybridized carbons (Fsp3) is 0.308. The number of morpholine rings is 1. The number of rotatable bonds is 8. The van der Waals surface area contributed by atoms with Gasteiger partial charge in [0.25, 0.3) is 0 Å². The van der Waals surface area contributed by atoms with E-state index in [1.807, 2.05) is 18.2 Å². The minimum atomic E-state index is -0.963. The molecule has 1 aromatic heterocycles. The lowest BCUT2D eigenvalue weighted by molar-refractivity contribution is 0.0697. The molecule has 4 N–H and O–H groups in total. The molecule has 1 saturated heterocycles. The van der Waals surface area contributed by atoms with Crippen molar-refractivity contribution in [1.82, 2.24) is 9.97 Å². The Kier molecular flexibility index (Phi) is 6.58. The Morgan fingerprint density at radius 1 is 1.09 bits per heavy atom. The van der Waals surface area contributed by atoms with Crippen molar-refractivity contribution in [2.24, 2.45) is 0 Å². The maximum atomic E-state index is 11.2. The largest absolute Gasteiger partial charge is 0.478 e. The molecule has 3 aromatic rings. The molecule has 0 spiro atoms. The Labute approximate surface area is 203 Å². The molecule has 35 heavy (non-hydrogen) atoms. The van der Waals surface area contributed by atoms with Gasteiger partial charge in [-0.05, 0) is 49.6 Å². The number of ether oxygens (including phenoxy) is 1. The van der Waals surface area contributed by atoms with E-state index in [0.717, 1.165) is 41.0 Å². The van der Waals surface area contributed by atoms with Crippen molar-refractivity contribution in [2.75, 3.05) is 41.8 Å². The fourth-order valence-corrected chi connectivity index (χ4v) is 4.13. The number of hydrogen-bond donors (Lipinski definition) is 4. The van der Waals surface area contributed by atoms with Crippen LogP contribution in [0.3, 0.4) is 0 Å². The van der Waals surface area contributed by atoms with E-state index in [1.165, 1.54) is 12.6 Å². The zero-order valence-electron chi connectivity index (χ0n) is 19.3. The molecule has 2 heterocycles. The van der Waals surface area contributed by atoms with Gasteiger partial charge in [-0.3, -0.25) is 0 Å². The van der Waals surface area contributed by atoms with E-state index in [9.17, 15) is 4.79 Å². The third-order valence-electron chi connectivity index (χ3n) is 6.38. The summed E-state index contributed by atoms with van der Waals surface area (Å²) in [5.41, 5.74) is 4.44.